The largest absolute Gasteiger partial charge is 0.573 e. The molecule has 1 atom stereocenters. The molecule has 0 saturated heterocycles. The average molecular weight is 335 g/mol. The molecule has 1 N–H and O–H groups in total. The van der Waals surface area contributed by atoms with Gasteiger partial charge in [-0.25, -0.2) is 4.79 Å². The molecule has 5 nitrogen and oxygen atoms in total. The molecule has 1 aromatic carbocycles. The number of alkyl carbamates (subject to hydrolysis) is 1. The fraction of sp³-hybridized carbons (Fsp3) is 0.533. The molecule has 0 saturated carbocycles. The first-order valence-electron chi connectivity index (χ1n) is 6.84. The number of methoxy groups -OCH3 is 1. The van der Waals surface area contributed by atoms with Gasteiger partial charge in [-0.15, -0.1) is 13.2 Å². The lowest BCUT2D eigenvalue weighted by atomic mass is 10.1. The van der Waals surface area contributed by atoms with Crippen molar-refractivity contribution < 1.29 is 32.2 Å². The van der Waals surface area contributed by atoms with Gasteiger partial charge in [-0.2, -0.15) is 0 Å². The number of nitrogens with one attached hydrogen (secondary N) is 1. The zero-order valence-electron chi connectivity index (χ0n) is 13.4. The Labute approximate surface area is 132 Å². The molecule has 0 bridgehead atoms. The summed E-state index contributed by atoms with van der Waals surface area (Å²) in [4.78, 5) is 11.8. The van der Waals surface area contributed by atoms with Gasteiger partial charge in [0.15, 0.2) is 0 Å². The van der Waals surface area contributed by atoms with E-state index in [2.05, 4.69) is 10.1 Å². The third-order valence-corrected chi connectivity index (χ3v) is 2.52. The fourth-order valence-corrected chi connectivity index (χ4v) is 1.77. The number of ether oxygens (including phenoxy) is 3. The topological polar surface area (TPSA) is 56.8 Å². The molecule has 0 aromatic heterocycles. The second-order valence-electron chi connectivity index (χ2n) is 5.77. The Bertz CT molecular complexity index is 526. The molecule has 8 heteroatoms. The number of hydrogen-bond donors (Lipinski definition) is 1. The second kappa shape index (κ2) is 7.54. The van der Waals surface area contributed by atoms with Crippen LogP contribution in [-0.4, -0.2) is 31.8 Å². The summed E-state index contributed by atoms with van der Waals surface area (Å²) in [5.74, 6) is -0.373. The lowest BCUT2D eigenvalue weighted by Gasteiger charge is -2.24. The number of hydrogen-bond acceptors (Lipinski definition) is 4. The SMILES string of the molecule is COC[C@H](NC(=O)OC(C)(C)C)c1cccc(OC(F)(F)F)c1. The Hall–Kier alpha value is -1.96. The number of carbonyl (C=O) groups is 1. The van der Waals surface area contributed by atoms with Crippen molar-refractivity contribution in [3.05, 3.63) is 29.8 Å². The highest BCUT2D eigenvalue weighted by Crippen LogP contribution is 2.26. The van der Waals surface area contributed by atoms with E-state index in [1.54, 1.807) is 26.8 Å². The van der Waals surface area contributed by atoms with Gasteiger partial charge in [0.1, 0.15) is 11.4 Å². The monoisotopic (exact) mass is 335 g/mol. The van der Waals surface area contributed by atoms with E-state index in [4.69, 9.17) is 9.47 Å². The van der Waals surface area contributed by atoms with E-state index in [0.29, 0.717) is 5.56 Å². The van der Waals surface area contributed by atoms with Gasteiger partial charge in [-0.1, -0.05) is 12.1 Å². The van der Waals surface area contributed by atoms with E-state index in [0.717, 1.165) is 0 Å². The van der Waals surface area contributed by atoms with Gasteiger partial charge in [-0.05, 0) is 38.5 Å². The van der Waals surface area contributed by atoms with Crippen molar-refractivity contribution in [1.29, 1.82) is 0 Å². The molecule has 0 radical (unpaired) electrons. The van der Waals surface area contributed by atoms with Crippen molar-refractivity contribution in [2.75, 3.05) is 13.7 Å². The highest BCUT2D eigenvalue weighted by atomic mass is 19.4. The van der Waals surface area contributed by atoms with Crippen LogP contribution < -0.4 is 10.1 Å². The van der Waals surface area contributed by atoms with E-state index in [1.165, 1.54) is 25.3 Å². The quantitative estimate of drug-likeness (QED) is 0.889. The Kier molecular flexibility index (Phi) is 6.26. The van der Waals surface area contributed by atoms with E-state index in [9.17, 15) is 18.0 Å². The summed E-state index contributed by atoms with van der Waals surface area (Å²) in [6.07, 6.45) is -5.48. The maximum absolute atomic E-state index is 12.3. The van der Waals surface area contributed by atoms with Crippen molar-refractivity contribution in [3.63, 3.8) is 0 Å². The van der Waals surface area contributed by atoms with Crippen molar-refractivity contribution in [2.24, 2.45) is 0 Å². The summed E-state index contributed by atoms with van der Waals surface area (Å²) in [5, 5.41) is 2.56. The van der Waals surface area contributed by atoms with Gasteiger partial charge in [0.2, 0.25) is 0 Å². The Morgan fingerprint density at radius 3 is 2.43 bits per heavy atom. The molecule has 1 rings (SSSR count). The van der Waals surface area contributed by atoms with Gasteiger partial charge in [0, 0.05) is 7.11 Å². The van der Waals surface area contributed by atoms with Crippen LogP contribution in [0.4, 0.5) is 18.0 Å². The van der Waals surface area contributed by atoms with Crippen LogP contribution in [0, 0.1) is 0 Å². The number of amides is 1. The fourth-order valence-electron chi connectivity index (χ4n) is 1.77. The van der Waals surface area contributed by atoms with Crippen LogP contribution in [0.3, 0.4) is 0 Å². The minimum absolute atomic E-state index is 0.0642. The second-order valence-corrected chi connectivity index (χ2v) is 5.77. The molecule has 0 aliphatic carbocycles. The molecule has 130 valence electrons. The zero-order valence-corrected chi connectivity index (χ0v) is 13.4. The summed E-state index contributed by atoms with van der Waals surface area (Å²) in [6.45, 7) is 5.18. The molecule has 0 spiro atoms. The van der Waals surface area contributed by atoms with E-state index < -0.39 is 24.1 Å². The molecule has 1 aromatic rings. The smallest absolute Gasteiger partial charge is 0.444 e. The summed E-state index contributed by atoms with van der Waals surface area (Å²) in [7, 11) is 1.42. The molecule has 0 unspecified atom stereocenters. The predicted molar refractivity (Wildman–Crippen MR) is 77.1 cm³/mol. The highest BCUT2D eigenvalue weighted by Gasteiger charge is 2.31. The summed E-state index contributed by atoms with van der Waals surface area (Å²) >= 11 is 0. The Morgan fingerprint density at radius 1 is 1.26 bits per heavy atom. The third kappa shape index (κ3) is 7.73. The molecule has 0 fully saturated rings. The average Bonchev–Trinajstić information content (AvgIpc) is 2.34. The molecule has 0 heterocycles. The number of alkyl halides is 3. The normalized spacial score (nSPS) is 13.3. The lowest BCUT2D eigenvalue weighted by molar-refractivity contribution is -0.274. The van der Waals surface area contributed by atoms with Crippen molar-refractivity contribution in [3.8, 4) is 5.75 Å². The molecular weight excluding hydrogens is 315 g/mol. The van der Waals surface area contributed by atoms with E-state index in [-0.39, 0.29) is 12.4 Å². The number of rotatable bonds is 5. The van der Waals surface area contributed by atoms with Crippen molar-refractivity contribution >= 4 is 6.09 Å². The minimum atomic E-state index is -4.78. The van der Waals surface area contributed by atoms with Crippen LogP contribution in [-0.2, 0) is 9.47 Å². The molecule has 0 aliphatic rings. The summed E-state index contributed by atoms with van der Waals surface area (Å²) in [5.41, 5.74) is -0.289. The van der Waals surface area contributed by atoms with Crippen LogP contribution in [0.25, 0.3) is 0 Å². The van der Waals surface area contributed by atoms with Crippen LogP contribution in [0.15, 0.2) is 24.3 Å². The first-order chi connectivity index (χ1) is 10.5. The molecule has 1 amide bonds. The zero-order chi connectivity index (χ0) is 17.7. The molecule has 0 aliphatic heterocycles. The van der Waals surface area contributed by atoms with Crippen molar-refractivity contribution in [1.82, 2.24) is 5.32 Å². The maximum atomic E-state index is 12.3. The lowest BCUT2D eigenvalue weighted by Crippen LogP contribution is -2.36. The highest BCUT2D eigenvalue weighted by molar-refractivity contribution is 5.68. The molecule has 23 heavy (non-hydrogen) atoms. The van der Waals surface area contributed by atoms with Crippen LogP contribution in [0.1, 0.15) is 32.4 Å². The first kappa shape index (κ1) is 19.1. The summed E-state index contributed by atoms with van der Waals surface area (Å²) < 4.78 is 50.8. The van der Waals surface area contributed by atoms with Gasteiger partial charge in [0.25, 0.3) is 0 Å². The van der Waals surface area contributed by atoms with E-state index in [1.807, 2.05) is 0 Å². The van der Waals surface area contributed by atoms with Gasteiger partial charge >= 0.3 is 12.5 Å². The molecular formula is C15H20F3NO4. The number of benzene rings is 1. The first-order valence-corrected chi connectivity index (χ1v) is 6.84. The van der Waals surface area contributed by atoms with E-state index >= 15 is 0 Å². The van der Waals surface area contributed by atoms with Crippen LogP contribution in [0.2, 0.25) is 0 Å². The Balaban J connectivity index is 2.88. The third-order valence-electron chi connectivity index (χ3n) is 2.52. The number of carbonyl (C=O) groups excluding carboxylic acids is 1. The van der Waals surface area contributed by atoms with Crippen molar-refractivity contribution in [2.45, 2.75) is 38.8 Å². The van der Waals surface area contributed by atoms with Gasteiger partial charge in [0.05, 0.1) is 12.6 Å². The standard InChI is InChI=1S/C15H20F3NO4/c1-14(2,3)23-13(20)19-12(9-21-4)10-6-5-7-11(8-10)22-15(16,17)18/h5-8,12H,9H2,1-4H3,(H,19,20)/t12-/m0/s1. The van der Waals surface area contributed by atoms with Crippen LogP contribution in [0.5, 0.6) is 5.75 Å². The van der Waals surface area contributed by atoms with Gasteiger partial charge < -0.3 is 19.5 Å². The Morgan fingerprint density at radius 2 is 1.91 bits per heavy atom. The summed E-state index contributed by atoms with van der Waals surface area (Å²) in [6, 6.07) is 4.65. The number of halogens is 3. The maximum Gasteiger partial charge on any atom is 0.573 e. The van der Waals surface area contributed by atoms with Gasteiger partial charge in [-0.3, -0.25) is 0 Å². The van der Waals surface area contributed by atoms with Crippen LogP contribution >= 0.6 is 0 Å². The minimum Gasteiger partial charge on any atom is -0.444 e. The predicted octanol–water partition coefficient (Wildman–Crippen LogP) is 3.80.